The summed E-state index contributed by atoms with van der Waals surface area (Å²) >= 11 is 0. The van der Waals surface area contributed by atoms with Gasteiger partial charge in [-0.15, -0.1) is 0 Å². The Kier molecular flexibility index (Phi) is 5.26. The number of nitrogens with zero attached hydrogens (tertiary/aromatic N) is 1. The van der Waals surface area contributed by atoms with Gasteiger partial charge in [-0.3, -0.25) is 4.98 Å². The third-order valence-electron chi connectivity index (χ3n) is 4.73. The Morgan fingerprint density at radius 3 is 2.44 bits per heavy atom. The van der Waals surface area contributed by atoms with Gasteiger partial charge < -0.3 is 10.1 Å². The van der Waals surface area contributed by atoms with Gasteiger partial charge in [0.25, 0.3) is 0 Å². The van der Waals surface area contributed by atoms with E-state index < -0.39 is 36.1 Å². The summed E-state index contributed by atoms with van der Waals surface area (Å²) in [6, 6.07) is 6.57. The Bertz CT molecular complexity index is 824. The van der Waals surface area contributed by atoms with E-state index in [2.05, 4.69) is 15.0 Å². The summed E-state index contributed by atoms with van der Waals surface area (Å²) in [4.78, 5) is 4.24. The molecule has 146 valence electrons. The monoisotopic (exact) mass is 386 g/mol. The fraction of sp³-hybridized carbons (Fsp3) is 0.421. The normalized spacial score (nSPS) is 16.5. The van der Waals surface area contributed by atoms with E-state index >= 15 is 0 Å². The van der Waals surface area contributed by atoms with Gasteiger partial charge >= 0.3 is 6.61 Å². The molecular formula is C19H19F5N2O. The molecule has 0 saturated heterocycles. The van der Waals surface area contributed by atoms with Crippen molar-refractivity contribution in [2.24, 2.45) is 0 Å². The molecule has 0 aliphatic heterocycles. The van der Waals surface area contributed by atoms with E-state index in [0.717, 1.165) is 6.07 Å². The molecule has 0 spiro atoms. The van der Waals surface area contributed by atoms with E-state index in [4.69, 9.17) is 0 Å². The molecule has 0 radical (unpaired) electrons. The van der Waals surface area contributed by atoms with Crippen molar-refractivity contribution < 1.29 is 26.7 Å². The average molecular weight is 386 g/mol. The molecule has 3 nitrogen and oxygen atoms in total. The molecule has 1 aromatic carbocycles. The maximum Gasteiger partial charge on any atom is 0.387 e. The third-order valence-corrected chi connectivity index (χ3v) is 4.73. The first-order valence-corrected chi connectivity index (χ1v) is 8.50. The molecule has 8 heteroatoms. The lowest BCUT2D eigenvalue weighted by Gasteiger charge is -2.20. The van der Waals surface area contributed by atoms with Gasteiger partial charge in [-0.1, -0.05) is 12.1 Å². The van der Waals surface area contributed by atoms with E-state index in [0.29, 0.717) is 29.9 Å². The van der Waals surface area contributed by atoms with Crippen molar-refractivity contribution in [1.82, 2.24) is 4.98 Å². The van der Waals surface area contributed by atoms with Crippen molar-refractivity contribution in [2.45, 2.75) is 51.2 Å². The van der Waals surface area contributed by atoms with Crippen LogP contribution in [0.15, 0.2) is 30.3 Å². The molecule has 2 aromatic rings. The van der Waals surface area contributed by atoms with Crippen molar-refractivity contribution in [2.75, 3.05) is 5.32 Å². The first-order valence-electron chi connectivity index (χ1n) is 8.50. The number of hydrogen-bond acceptors (Lipinski definition) is 3. The zero-order valence-corrected chi connectivity index (χ0v) is 14.8. The standard InChI is InChI=1S/C19H19F5N2O/c1-10-8-12(9-15(25-10)19(6-7-19)17(21)22)26-11(2)13-4-3-5-14(16(13)20)27-18(23)24/h3-5,8-9,11,17-18H,6-7H2,1-2H3,(H,25,26). The lowest BCUT2D eigenvalue weighted by Crippen LogP contribution is -2.20. The first-order chi connectivity index (χ1) is 12.7. The van der Waals surface area contributed by atoms with E-state index in [9.17, 15) is 22.0 Å². The number of pyridine rings is 1. The number of nitrogens with one attached hydrogen (secondary N) is 1. The zero-order chi connectivity index (χ0) is 19.8. The summed E-state index contributed by atoms with van der Waals surface area (Å²) < 4.78 is 70.1. The van der Waals surface area contributed by atoms with Crippen LogP contribution in [-0.2, 0) is 5.41 Å². The highest BCUT2D eigenvalue weighted by Gasteiger charge is 2.53. The van der Waals surface area contributed by atoms with Gasteiger partial charge in [0.1, 0.15) is 0 Å². The molecule has 1 aliphatic carbocycles. The van der Waals surface area contributed by atoms with Gasteiger partial charge in [-0.25, -0.2) is 13.2 Å². The van der Waals surface area contributed by atoms with Gasteiger partial charge in [0.05, 0.1) is 17.2 Å². The van der Waals surface area contributed by atoms with Crippen LogP contribution in [0.5, 0.6) is 5.75 Å². The highest BCUT2D eigenvalue weighted by molar-refractivity contribution is 5.50. The number of alkyl halides is 4. The molecule has 1 heterocycles. The predicted molar refractivity (Wildman–Crippen MR) is 91.0 cm³/mol. The van der Waals surface area contributed by atoms with E-state index in [-0.39, 0.29) is 5.56 Å². The second-order valence-corrected chi connectivity index (χ2v) is 6.74. The topological polar surface area (TPSA) is 34.1 Å². The van der Waals surface area contributed by atoms with Crippen molar-refractivity contribution >= 4 is 5.69 Å². The number of rotatable bonds is 7. The second kappa shape index (κ2) is 7.32. The van der Waals surface area contributed by atoms with Gasteiger partial charge in [-0.05, 0) is 44.9 Å². The Morgan fingerprint density at radius 2 is 1.85 bits per heavy atom. The largest absolute Gasteiger partial charge is 0.432 e. The third kappa shape index (κ3) is 3.99. The van der Waals surface area contributed by atoms with Crippen LogP contribution >= 0.6 is 0 Å². The summed E-state index contributed by atoms with van der Waals surface area (Å²) in [5.41, 5.74) is 0.296. The molecule has 1 unspecified atom stereocenters. The Balaban J connectivity index is 1.85. The van der Waals surface area contributed by atoms with Crippen LogP contribution in [0.2, 0.25) is 0 Å². The SMILES string of the molecule is Cc1cc(NC(C)c2cccc(OC(F)F)c2F)cc(C2(C(F)F)CC2)n1. The van der Waals surface area contributed by atoms with Gasteiger partial charge in [0, 0.05) is 16.9 Å². The molecule has 1 aliphatic rings. The lowest BCUT2D eigenvalue weighted by atomic mass is 10.0. The number of aryl methyl sites for hydroxylation is 1. The fourth-order valence-corrected chi connectivity index (χ4v) is 3.10. The van der Waals surface area contributed by atoms with Crippen molar-refractivity contribution in [3.63, 3.8) is 0 Å². The van der Waals surface area contributed by atoms with E-state index in [1.54, 1.807) is 26.0 Å². The first kappa shape index (κ1) is 19.4. The second-order valence-electron chi connectivity index (χ2n) is 6.74. The minimum atomic E-state index is -3.13. The van der Waals surface area contributed by atoms with Gasteiger partial charge in [-0.2, -0.15) is 8.78 Å². The number of anilines is 1. The summed E-state index contributed by atoms with van der Waals surface area (Å²) in [6.45, 7) is 0.200. The van der Waals surface area contributed by atoms with Gasteiger partial charge in [0.2, 0.25) is 6.43 Å². The lowest BCUT2D eigenvalue weighted by molar-refractivity contribution is -0.0522. The van der Waals surface area contributed by atoms with Gasteiger partial charge in [0.15, 0.2) is 11.6 Å². The maximum atomic E-state index is 14.4. The molecular weight excluding hydrogens is 367 g/mol. The minimum Gasteiger partial charge on any atom is -0.432 e. The molecule has 0 amide bonds. The summed E-state index contributed by atoms with van der Waals surface area (Å²) in [5, 5.41) is 3.03. The highest BCUT2D eigenvalue weighted by atomic mass is 19.3. The Morgan fingerprint density at radius 1 is 1.15 bits per heavy atom. The molecule has 3 rings (SSSR count). The van der Waals surface area contributed by atoms with Crippen LogP contribution < -0.4 is 10.1 Å². The van der Waals surface area contributed by atoms with Crippen molar-refractivity contribution in [1.29, 1.82) is 0 Å². The minimum absolute atomic E-state index is 0.124. The fourth-order valence-electron chi connectivity index (χ4n) is 3.10. The predicted octanol–water partition coefficient (Wildman–Crippen LogP) is 5.60. The molecule has 1 fully saturated rings. The molecule has 27 heavy (non-hydrogen) atoms. The number of ether oxygens (including phenoxy) is 1. The van der Waals surface area contributed by atoms with Crippen molar-refractivity contribution in [3.8, 4) is 5.75 Å². The summed E-state index contributed by atoms with van der Waals surface area (Å²) in [6.07, 6.45) is -1.76. The summed E-state index contributed by atoms with van der Waals surface area (Å²) in [7, 11) is 0. The maximum absolute atomic E-state index is 14.4. The summed E-state index contributed by atoms with van der Waals surface area (Å²) in [5.74, 6) is -1.44. The van der Waals surface area contributed by atoms with E-state index in [1.807, 2.05) is 0 Å². The van der Waals surface area contributed by atoms with Crippen LogP contribution in [0.1, 0.15) is 42.8 Å². The van der Waals surface area contributed by atoms with Crippen LogP contribution in [0.25, 0.3) is 0 Å². The average Bonchev–Trinajstić information content (AvgIpc) is 3.37. The molecule has 1 atom stereocenters. The number of aromatic nitrogens is 1. The number of hydrogen-bond donors (Lipinski definition) is 1. The molecule has 1 N–H and O–H groups in total. The number of halogens is 5. The smallest absolute Gasteiger partial charge is 0.387 e. The Hall–Kier alpha value is -2.38. The van der Waals surface area contributed by atoms with Crippen LogP contribution in [0.3, 0.4) is 0 Å². The van der Waals surface area contributed by atoms with E-state index in [1.165, 1.54) is 12.1 Å². The van der Waals surface area contributed by atoms with Crippen LogP contribution in [0.4, 0.5) is 27.6 Å². The molecule has 1 saturated carbocycles. The van der Waals surface area contributed by atoms with Crippen LogP contribution in [0, 0.1) is 12.7 Å². The molecule has 1 aromatic heterocycles. The zero-order valence-electron chi connectivity index (χ0n) is 14.8. The quantitative estimate of drug-likeness (QED) is 0.629. The Labute approximate surface area is 153 Å². The highest BCUT2D eigenvalue weighted by Crippen LogP contribution is 2.52. The van der Waals surface area contributed by atoms with Crippen LogP contribution in [-0.4, -0.2) is 18.0 Å². The van der Waals surface area contributed by atoms with Crippen molar-refractivity contribution in [3.05, 3.63) is 53.1 Å². The molecule has 0 bridgehead atoms. The number of benzene rings is 1.